The largest absolute Gasteiger partial charge is 0.465 e. The number of carbonyl (C=O) groups excluding carboxylic acids is 2. The maximum absolute atomic E-state index is 13.0. The van der Waals surface area contributed by atoms with Crippen molar-refractivity contribution in [2.45, 2.75) is 0 Å². The number of hydrogen-bond acceptors (Lipinski definition) is 4. The van der Waals surface area contributed by atoms with Gasteiger partial charge >= 0.3 is 5.97 Å². The van der Waals surface area contributed by atoms with Crippen molar-refractivity contribution in [1.82, 2.24) is 4.98 Å². The summed E-state index contributed by atoms with van der Waals surface area (Å²) < 4.78 is 17.6. The summed E-state index contributed by atoms with van der Waals surface area (Å²) in [7, 11) is 1.21. The Balaban J connectivity index is 2.31. The summed E-state index contributed by atoms with van der Waals surface area (Å²) in [5, 5.41) is 2.79. The van der Waals surface area contributed by atoms with Crippen LogP contribution in [0.5, 0.6) is 0 Å². The molecular formula is C14H10ClFN2O3. The summed E-state index contributed by atoms with van der Waals surface area (Å²) in [5.41, 5.74) is 0.179. The Morgan fingerprint density at radius 3 is 2.71 bits per heavy atom. The van der Waals surface area contributed by atoms with E-state index in [2.05, 4.69) is 15.0 Å². The quantitative estimate of drug-likeness (QED) is 0.699. The Morgan fingerprint density at radius 1 is 1.29 bits per heavy atom. The minimum absolute atomic E-state index is 0.0924. The van der Waals surface area contributed by atoms with Crippen LogP contribution in [0, 0.1) is 5.95 Å². The Bertz CT molecular complexity index is 706. The minimum Gasteiger partial charge on any atom is -0.465 e. The van der Waals surface area contributed by atoms with Crippen LogP contribution in [-0.4, -0.2) is 24.0 Å². The molecular weight excluding hydrogens is 299 g/mol. The molecule has 1 amide bonds. The number of halogens is 2. The van der Waals surface area contributed by atoms with Crippen molar-refractivity contribution in [3.05, 3.63) is 58.6 Å². The molecule has 0 fully saturated rings. The molecule has 0 spiro atoms. The van der Waals surface area contributed by atoms with Crippen LogP contribution in [-0.2, 0) is 4.74 Å². The average molecular weight is 309 g/mol. The van der Waals surface area contributed by atoms with Gasteiger partial charge in [0, 0.05) is 5.02 Å². The van der Waals surface area contributed by atoms with Crippen molar-refractivity contribution >= 4 is 29.2 Å². The van der Waals surface area contributed by atoms with Gasteiger partial charge in [0.25, 0.3) is 5.91 Å². The van der Waals surface area contributed by atoms with E-state index in [1.807, 2.05) is 0 Å². The number of esters is 1. The maximum atomic E-state index is 13.0. The second-order valence-corrected chi connectivity index (χ2v) is 4.42. The molecule has 0 unspecified atom stereocenters. The molecule has 108 valence electrons. The summed E-state index contributed by atoms with van der Waals surface area (Å²) in [5.74, 6) is -2.08. The number of nitrogens with one attached hydrogen (secondary N) is 1. The van der Waals surface area contributed by atoms with Crippen LogP contribution in [0.2, 0.25) is 5.02 Å². The number of pyridine rings is 1. The standard InChI is InChI=1S/C14H10ClFN2O3/c1-21-14(20)9-7-8(15)5-6-10(9)18-13(19)11-3-2-4-12(16)17-11/h2-7H,1H3,(H,18,19). The van der Waals surface area contributed by atoms with Gasteiger partial charge in [0.15, 0.2) is 0 Å². The van der Waals surface area contributed by atoms with Crippen LogP contribution < -0.4 is 5.32 Å². The van der Waals surface area contributed by atoms with Gasteiger partial charge in [-0.1, -0.05) is 17.7 Å². The fraction of sp³-hybridized carbons (Fsp3) is 0.0714. The molecule has 7 heteroatoms. The number of ether oxygens (including phenoxy) is 1. The summed E-state index contributed by atoms with van der Waals surface area (Å²) in [6.07, 6.45) is 0. The lowest BCUT2D eigenvalue weighted by molar-refractivity contribution is 0.0602. The molecule has 0 saturated carbocycles. The number of nitrogens with zero attached hydrogens (tertiary/aromatic N) is 1. The number of anilines is 1. The molecule has 0 atom stereocenters. The van der Waals surface area contributed by atoms with Crippen LogP contribution in [0.25, 0.3) is 0 Å². The average Bonchev–Trinajstić information content (AvgIpc) is 2.48. The molecule has 0 radical (unpaired) electrons. The molecule has 1 aromatic heterocycles. The molecule has 1 N–H and O–H groups in total. The fourth-order valence-corrected chi connectivity index (χ4v) is 1.80. The third-order valence-corrected chi connectivity index (χ3v) is 2.82. The van der Waals surface area contributed by atoms with Gasteiger partial charge < -0.3 is 10.1 Å². The number of benzene rings is 1. The highest BCUT2D eigenvalue weighted by atomic mass is 35.5. The molecule has 0 bridgehead atoms. The summed E-state index contributed by atoms with van der Waals surface area (Å²) in [6, 6.07) is 8.15. The van der Waals surface area contributed by atoms with E-state index in [0.29, 0.717) is 5.02 Å². The predicted molar refractivity (Wildman–Crippen MR) is 74.9 cm³/mol. The smallest absolute Gasteiger partial charge is 0.340 e. The summed E-state index contributed by atoms with van der Waals surface area (Å²) in [4.78, 5) is 27.1. The molecule has 5 nitrogen and oxygen atoms in total. The molecule has 0 aliphatic heterocycles. The minimum atomic E-state index is -0.771. The van der Waals surface area contributed by atoms with Crippen molar-refractivity contribution in [2.24, 2.45) is 0 Å². The molecule has 1 heterocycles. The lowest BCUT2D eigenvalue weighted by atomic mass is 10.1. The highest BCUT2D eigenvalue weighted by Gasteiger charge is 2.16. The van der Waals surface area contributed by atoms with Crippen LogP contribution in [0.1, 0.15) is 20.8 Å². The lowest BCUT2D eigenvalue weighted by Crippen LogP contribution is -2.17. The van der Waals surface area contributed by atoms with Gasteiger partial charge in [-0.25, -0.2) is 9.78 Å². The SMILES string of the molecule is COC(=O)c1cc(Cl)ccc1NC(=O)c1cccc(F)n1. The van der Waals surface area contributed by atoms with E-state index < -0.39 is 17.8 Å². The number of methoxy groups -OCH3 is 1. The highest BCUT2D eigenvalue weighted by Crippen LogP contribution is 2.22. The first-order valence-corrected chi connectivity index (χ1v) is 6.21. The van der Waals surface area contributed by atoms with Gasteiger partial charge in [0.05, 0.1) is 18.4 Å². The molecule has 1 aromatic carbocycles. The third kappa shape index (κ3) is 3.55. The second kappa shape index (κ2) is 6.32. The van der Waals surface area contributed by atoms with Crippen LogP contribution in [0.3, 0.4) is 0 Å². The topological polar surface area (TPSA) is 68.3 Å². The molecule has 2 rings (SSSR count). The molecule has 21 heavy (non-hydrogen) atoms. The Hall–Kier alpha value is -2.47. The van der Waals surface area contributed by atoms with E-state index in [1.54, 1.807) is 0 Å². The maximum Gasteiger partial charge on any atom is 0.340 e. The van der Waals surface area contributed by atoms with Crippen molar-refractivity contribution in [3.8, 4) is 0 Å². The monoisotopic (exact) mass is 308 g/mol. The van der Waals surface area contributed by atoms with Crippen LogP contribution in [0.15, 0.2) is 36.4 Å². The van der Waals surface area contributed by atoms with E-state index in [4.69, 9.17) is 11.6 Å². The molecule has 0 saturated heterocycles. The van der Waals surface area contributed by atoms with E-state index in [-0.39, 0.29) is 16.9 Å². The number of aromatic nitrogens is 1. The zero-order chi connectivity index (χ0) is 15.4. The van der Waals surface area contributed by atoms with Crippen molar-refractivity contribution in [3.63, 3.8) is 0 Å². The van der Waals surface area contributed by atoms with Crippen LogP contribution >= 0.6 is 11.6 Å². The number of amides is 1. The summed E-state index contributed by atoms with van der Waals surface area (Å²) in [6.45, 7) is 0. The van der Waals surface area contributed by atoms with E-state index in [0.717, 1.165) is 6.07 Å². The fourth-order valence-electron chi connectivity index (χ4n) is 1.63. The normalized spacial score (nSPS) is 10.0. The number of rotatable bonds is 3. The first kappa shape index (κ1) is 14.9. The zero-order valence-corrected chi connectivity index (χ0v) is 11.6. The van der Waals surface area contributed by atoms with Gasteiger partial charge in [-0.15, -0.1) is 0 Å². The third-order valence-electron chi connectivity index (χ3n) is 2.58. The highest BCUT2D eigenvalue weighted by molar-refractivity contribution is 6.31. The lowest BCUT2D eigenvalue weighted by Gasteiger charge is -2.10. The zero-order valence-electron chi connectivity index (χ0n) is 10.9. The Kier molecular flexibility index (Phi) is 4.49. The second-order valence-electron chi connectivity index (χ2n) is 3.98. The van der Waals surface area contributed by atoms with Gasteiger partial charge in [-0.05, 0) is 30.3 Å². The Labute approximate surface area is 124 Å². The Morgan fingerprint density at radius 2 is 2.05 bits per heavy atom. The van der Waals surface area contributed by atoms with Gasteiger partial charge in [-0.3, -0.25) is 4.79 Å². The molecule has 0 aliphatic rings. The number of hydrogen-bond donors (Lipinski definition) is 1. The van der Waals surface area contributed by atoms with Crippen LogP contribution in [0.4, 0.5) is 10.1 Å². The van der Waals surface area contributed by atoms with E-state index in [1.165, 1.54) is 37.4 Å². The van der Waals surface area contributed by atoms with E-state index in [9.17, 15) is 14.0 Å². The first-order chi connectivity index (χ1) is 10.0. The predicted octanol–water partition coefficient (Wildman–Crippen LogP) is 2.91. The number of carbonyl (C=O) groups is 2. The van der Waals surface area contributed by atoms with E-state index >= 15 is 0 Å². The van der Waals surface area contributed by atoms with Crippen molar-refractivity contribution < 1.29 is 18.7 Å². The van der Waals surface area contributed by atoms with Crippen molar-refractivity contribution in [2.75, 3.05) is 12.4 Å². The molecule has 2 aromatic rings. The van der Waals surface area contributed by atoms with Gasteiger partial charge in [0.2, 0.25) is 5.95 Å². The summed E-state index contributed by atoms with van der Waals surface area (Å²) >= 11 is 5.81. The molecule has 0 aliphatic carbocycles. The van der Waals surface area contributed by atoms with Crippen molar-refractivity contribution in [1.29, 1.82) is 0 Å². The van der Waals surface area contributed by atoms with Gasteiger partial charge in [0.1, 0.15) is 5.69 Å². The van der Waals surface area contributed by atoms with Gasteiger partial charge in [-0.2, -0.15) is 4.39 Å². The first-order valence-electron chi connectivity index (χ1n) is 5.83.